The summed E-state index contributed by atoms with van der Waals surface area (Å²) in [7, 11) is 0. The van der Waals surface area contributed by atoms with Crippen molar-refractivity contribution in [2.75, 3.05) is 19.6 Å². The minimum Gasteiger partial charge on any atom is -0.330 e. The summed E-state index contributed by atoms with van der Waals surface area (Å²) in [5, 5.41) is 0. The maximum Gasteiger partial charge on any atom is 0.235 e. The first-order valence-corrected chi connectivity index (χ1v) is 8.23. The molecule has 1 aliphatic rings. The quantitative estimate of drug-likeness (QED) is 0.363. The monoisotopic (exact) mass is 308 g/mol. The fraction of sp³-hybridized carbons (Fsp3) is 0.875. The van der Waals surface area contributed by atoms with Crippen LogP contribution in [0, 0.1) is 11.3 Å². The molecule has 6 heteroatoms. The van der Waals surface area contributed by atoms with Crippen LogP contribution in [0.4, 0.5) is 0 Å². The molecule has 0 aliphatic heterocycles. The molecule has 1 saturated carbocycles. The van der Waals surface area contributed by atoms with E-state index in [2.05, 4.69) is 9.98 Å². The molecule has 0 saturated heterocycles. The number of aliphatic imine (C=N–C) groups is 2. The van der Waals surface area contributed by atoms with Crippen molar-refractivity contribution >= 4 is 12.2 Å². The average Bonchev–Trinajstić information content (AvgIpc) is 2.56. The van der Waals surface area contributed by atoms with E-state index < -0.39 is 0 Å². The van der Waals surface area contributed by atoms with Crippen molar-refractivity contribution in [3.63, 3.8) is 0 Å². The lowest BCUT2D eigenvalue weighted by atomic mass is 9.64. The zero-order chi connectivity index (χ0) is 16.3. The van der Waals surface area contributed by atoms with Crippen molar-refractivity contribution in [2.45, 2.75) is 57.4 Å². The highest BCUT2D eigenvalue weighted by Gasteiger charge is 2.41. The molecule has 0 spiro atoms. The van der Waals surface area contributed by atoms with E-state index in [0.29, 0.717) is 25.6 Å². The van der Waals surface area contributed by atoms with E-state index in [1.165, 1.54) is 0 Å². The van der Waals surface area contributed by atoms with Crippen LogP contribution in [0.1, 0.15) is 51.4 Å². The molecule has 0 bridgehead atoms. The fourth-order valence-corrected chi connectivity index (χ4v) is 3.67. The van der Waals surface area contributed by atoms with Crippen LogP contribution in [0.25, 0.3) is 0 Å². The van der Waals surface area contributed by atoms with Crippen molar-refractivity contribution in [1.29, 1.82) is 0 Å². The fourth-order valence-electron chi connectivity index (χ4n) is 3.67. The van der Waals surface area contributed by atoms with E-state index in [9.17, 15) is 9.59 Å². The lowest BCUT2D eigenvalue weighted by Gasteiger charge is -2.43. The Morgan fingerprint density at radius 3 is 2.64 bits per heavy atom. The van der Waals surface area contributed by atoms with Crippen molar-refractivity contribution < 1.29 is 9.59 Å². The van der Waals surface area contributed by atoms with Gasteiger partial charge in [0.2, 0.25) is 12.2 Å². The first kappa shape index (κ1) is 18.7. The summed E-state index contributed by atoms with van der Waals surface area (Å²) < 4.78 is 0. The van der Waals surface area contributed by atoms with Gasteiger partial charge >= 0.3 is 0 Å². The van der Waals surface area contributed by atoms with Gasteiger partial charge in [-0.2, -0.15) is 0 Å². The Kier molecular flexibility index (Phi) is 8.86. The molecular formula is C16H28N4O2. The number of isocyanates is 2. The number of nitrogens with two attached hydrogens (primary N) is 2. The summed E-state index contributed by atoms with van der Waals surface area (Å²) in [6, 6.07) is -0.0704. The summed E-state index contributed by atoms with van der Waals surface area (Å²) in [4.78, 5) is 28.5. The maximum atomic E-state index is 10.8. The molecule has 0 heterocycles. The van der Waals surface area contributed by atoms with Crippen molar-refractivity contribution in [3.8, 4) is 0 Å². The normalized spacial score (nSPS) is 25.8. The van der Waals surface area contributed by atoms with Crippen LogP contribution in [0.15, 0.2) is 9.98 Å². The van der Waals surface area contributed by atoms with E-state index >= 15 is 0 Å². The van der Waals surface area contributed by atoms with Gasteiger partial charge < -0.3 is 11.5 Å². The highest BCUT2D eigenvalue weighted by molar-refractivity contribution is 5.34. The second-order valence-electron chi connectivity index (χ2n) is 6.32. The Morgan fingerprint density at radius 1 is 1.18 bits per heavy atom. The van der Waals surface area contributed by atoms with E-state index in [4.69, 9.17) is 11.5 Å². The summed E-state index contributed by atoms with van der Waals surface area (Å²) in [6.45, 7) is 1.72. The van der Waals surface area contributed by atoms with Gasteiger partial charge in [0.25, 0.3) is 0 Å². The summed E-state index contributed by atoms with van der Waals surface area (Å²) >= 11 is 0. The highest BCUT2D eigenvalue weighted by Crippen LogP contribution is 2.43. The average molecular weight is 308 g/mol. The first-order chi connectivity index (χ1) is 10.7. The van der Waals surface area contributed by atoms with E-state index in [-0.39, 0.29) is 11.5 Å². The van der Waals surface area contributed by atoms with E-state index in [0.717, 1.165) is 51.4 Å². The number of unbranched alkanes of at least 4 members (excludes halogenated alkanes) is 2. The molecule has 0 aromatic rings. The molecule has 0 aromatic heterocycles. The molecule has 0 radical (unpaired) electrons. The van der Waals surface area contributed by atoms with Gasteiger partial charge in [-0.3, -0.25) is 0 Å². The minimum absolute atomic E-state index is 0.0704. The molecule has 1 rings (SSSR count). The topological polar surface area (TPSA) is 111 Å². The number of carbonyl (C=O) groups excluding carboxylic acids is 2. The zero-order valence-electron chi connectivity index (χ0n) is 13.3. The second kappa shape index (κ2) is 10.4. The molecule has 0 aromatic carbocycles. The van der Waals surface area contributed by atoms with Crippen molar-refractivity contribution in [2.24, 2.45) is 32.8 Å². The number of rotatable bonds is 10. The second-order valence-corrected chi connectivity index (χ2v) is 6.32. The Balaban J connectivity index is 2.61. The van der Waals surface area contributed by atoms with Gasteiger partial charge in [-0.25, -0.2) is 19.6 Å². The Bertz CT molecular complexity index is 416. The van der Waals surface area contributed by atoms with Crippen LogP contribution >= 0.6 is 0 Å². The van der Waals surface area contributed by atoms with Crippen LogP contribution in [-0.2, 0) is 9.59 Å². The molecule has 0 amide bonds. The maximum absolute atomic E-state index is 10.8. The minimum atomic E-state index is -0.110. The highest BCUT2D eigenvalue weighted by atomic mass is 16.1. The SMILES string of the molecule is NCC1CCCC(CN)(C(CCCCCN=C=O)N=C=O)C1. The summed E-state index contributed by atoms with van der Waals surface area (Å²) in [5.74, 6) is 0.476. The summed E-state index contributed by atoms with van der Waals surface area (Å²) in [5.41, 5.74) is 11.8. The van der Waals surface area contributed by atoms with Crippen LogP contribution in [0.3, 0.4) is 0 Å². The standard InChI is InChI=1S/C16H28N4O2/c17-10-14-5-4-7-16(9-14,11-18)15(20-13-22)6-2-1-3-8-19-12-21/h14-15H,1-11,17-18H2. The first-order valence-electron chi connectivity index (χ1n) is 8.23. The van der Waals surface area contributed by atoms with Gasteiger partial charge in [0.15, 0.2) is 0 Å². The third-order valence-electron chi connectivity index (χ3n) is 4.95. The van der Waals surface area contributed by atoms with Crippen LogP contribution in [0.2, 0.25) is 0 Å². The number of hydrogen-bond donors (Lipinski definition) is 2. The number of nitrogens with zero attached hydrogens (tertiary/aromatic N) is 2. The van der Waals surface area contributed by atoms with Gasteiger partial charge in [-0.15, -0.1) is 0 Å². The van der Waals surface area contributed by atoms with Crippen molar-refractivity contribution in [3.05, 3.63) is 0 Å². The molecule has 22 heavy (non-hydrogen) atoms. The van der Waals surface area contributed by atoms with E-state index in [1.54, 1.807) is 12.2 Å². The molecule has 1 aliphatic carbocycles. The van der Waals surface area contributed by atoms with Gasteiger partial charge in [0, 0.05) is 12.0 Å². The zero-order valence-corrected chi connectivity index (χ0v) is 13.3. The lowest BCUT2D eigenvalue weighted by Crippen LogP contribution is -2.45. The third kappa shape index (κ3) is 5.47. The predicted octanol–water partition coefficient (Wildman–Crippen LogP) is 1.68. The molecule has 4 N–H and O–H groups in total. The molecular weight excluding hydrogens is 280 g/mol. The Labute approximate surface area is 132 Å². The predicted molar refractivity (Wildman–Crippen MR) is 85.9 cm³/mol. The lowest BCUT2D eigenvalue weighted by molar-refractivity contribution is 0.110. The van der Waals surface area contributed by atoms with Gasteiger partial charge in [-0.05, 0) is 44.6 Å². The van der Waals surface area contributed by atoms with Gasteiger partial charge in [0.05, 0.1) is 12.6 Å². The van der Waals surface area contributed by atoms with E-state index in [1.807, 2.05) is 0 Å². The Morgan fingerprint density at radius 2 is 2.00 bits per heavy atom. The van der Waals surface area contributed by atoms with Gasteiger partial charge in [0.1, 0.15) is 0 Å². The number of hydrogen-bond acceptors (Lipinski definition) is 6. The Hall–Kier alpha value is -1.32. The summed E-state index contributed by atoms with van der Waals surface area (Å²) in [6.07, 6.45) is 11.0. The van der Waals surface area contributed by atoms with Crippen LogP contribution < -0.4 is 11.5 Å². The molecule has 124 valence electrons. The smallest absolute Gasteiger partial charge is 0.235 e. The third-order valence-corrected chi connectivity index (χ3v) is 4.95. The molecule has 3 atom stereocenters. The van der Waals surface area contributed by atoms with Gasteiger partial charge in [-0.1, -0.05) is 19.3 Å². The van der Waals surface area contributed by atoms with Crippen LogP contribution in [0.5, 0.6) is 0 Å². The van der Waals surface area contributed by atoms with Crippen molar-refractivity contribution in [1.82, 2.24) is 0 Å². The molecule has 3 unspecified atom stereocenters. The van der Waals surface area contributed by atoms with Crippen LogP contribution in [-0.4, -0.2) is 37.8 Å². The largest absolute Gasteiger partial charge is 0.330 e. The molecule has 1 fully saturated rings. The molecule has 6 nitrogen and oxygen atoms in total.